The molecule has 2 aromatic rings. The van der Waals surface area contributed by atoms with Crippen LogP contribution in [0.3, 0.4) is 0 Å². The Morgan fingerprint density at radius 1 is 1.23 bits per heavy atom. The third-order valence-electron chi connectivity index (χ3n) is 3.80. The maximum Gasteiger partial charge on any atom is 0.408 e. The molecule has 1 heterocycles. The highest BCUT2D eigenvalue weighted by Gasteiger charge is 2.24. The second-order valence-corrected chi connectivity index (χ2v) is 6.56. The second-order valence-electron chi connectivity index (χ2n) is 6.56. The van der Waals surface area contributed by atoms with Crippen molar-refractivity contribution in [2.24, 2.45) is 5.92 Å². The number of nitrogens with zero attached hydrogens (tertiary/aromatic N) is 3. The van der Waals surface area contributed by atoms with Crippen molar-refractivity contribution in [2.75, 3.05) is 0 Å². The number of carboxylic acids is 1. The Labute approximate surface area is 152 Å². The zero-order valence-corrected chi connectivity index (χ0v) is 15.1. The molecule has 0 fully saturated rings. The maximum absolute atomic E-state index is 12.0. The fourth-order valence-corrected chi connectivity index (χ4v) is 2.50. The molecule has 0 spiro atoms. The first-order chi connectivity index (χ1) is 12.3. The number of benzene rings is 1. The molecule has 0 radical (unpaired) electrons. The summed E-state index contributed by atoms with van der Waals surface area (Å²) in [7, 11) is 0. The van der Waals surface area contributed by atoms with E-state index >= 15 is 0 Å². The van der Waals surface area contributed by atoms with Crippen LogP contribution in [0.15, 0.2) is 36.9 Å². The van der Waals surface area contributed by atoms with E-state index in [1.54, 1.807) is 0 Å². The molecule has 0 aliphatic heterocycles. The lowest BCUT2D eigenvalue weighted by Gasteiger charge is -2.18. The number of aromatic nitrogens is 3. The number of carbonyl (C=O) groups is 2. The Morgan fingerprint density at radius 3 is 2.46 bits per heavy atom. The summed E-state index contributed by atoms with van der Waals surface area (Å²) >= 11 is 0. The van der Waals surface area contributed by atoms with E-state index in [9.17, 15) is 14.7 Å². The quantitative estimate of drug-likeness (QED) is 0.749. The largest absolute Gasteiger partial charge is 0.478 e. The van der Waals surface area contributed by atoms with Gasteiger partial charge >= 0.3 is 12.1 Å². The molecule has 1 amide bonds. The molecule has 0 saturated heterocycles. The van der Waals surface area contributed by atoms with Crippen molar-refractivity contribution in [2.45, 2.75) is 45.9 Å². The number of nitrogens with one attached hydrogen (secondary N) is 1. The molecule has 0 saturated carbocycles. The van der Waals surface area contributed by atoms with Crippen LogP contribution in [0.5, 0.6) is 0 Å². The summed E-state index contributed by atoms with van der Waals surface area (Å²) in [6.07, 6.45) is 1.49. The Balaban J connectivity index is 1.91. The van der Waals surface area contributed by atoms with Crippen LogP contribution < -0.4 is 5.32 Å². The SMILES string of the molecule is CC(C)Cc1ccc([C@H](C)NC(=O)O[C@H](Cn2cncn2)C(=O)O)cc1. The summed E-state index contributed by atoms with van der Waals surface area (Å²) in [5, 5.41) is 15.7. The minimum Gasteiger partial charge on any atom is -0.478 e. The summed E-state index contributed by atoms with van der Waals surface area (Å²) in [4.78, 5) is 27.0. The summed E-state index contributed by atoms with van der Waals surface area (Å²) < 4.78 is 6.31. The van der Waals surface area contributed by atoms with Gasteiger partial charge < -0.3 is 15.2 Å². The molecule has 1 aromatic carbocycles. The Morgan fingerprint density at radius 2 is 1.92 bits per heavy atom. The third kappa shape index (κ3) is 5.87. The van der Waals surface area contributed by atoms with Crippen LogP contribution >= 0.6 is 0 Å². The number of aliphatic carboxylic acids is 1. The molecular formula is C18H24N4O4. The number of amides is 1. The van der Waals surface area contributed by atoms with Crippen LogP contribution in [-0.4, -0.2) is 38.0 Å². The number of hydrogen-bond acceptors (Lipinski definition) is 5. The van der Waals surface area contributed by atoms with E-state index in [0.717, 1.165) is 12.0 Å². The van der Waals surface area contributed by atoms with Gasteiger partial charge in [-0.3, -0.25) is 0 Å². The molecule has 0 aliphatic rings. The number of hydrogen-bond donors (Lipinski definition) is 2. The van der Waals surface area contributed by atoms with Crippen molar-refractivity contribution in [1.29, 1.82) is 0 Å². The molecule has 2 N–H and O–H groups in total. The minimum absolute atomic E-state index is 0.110. The van der Waals surface area contributed by atoms with E-state index in [4.69, 9.17) is 4.74 Å². The van der Waals surface area contributed by atoms with Gasteiger partial charge in [-0.05, 0) is 30.4 Å². The van der Waals surface area contributed by atoms with Crippen LogP contribution in [0.1, 0.15) is 37.9 Å². The van der Waals surface area contributed by atoms with Crippen LogP contribution in [0.25, 0.3) is 0 Å². The highest BCUT2D eigenvalue weighted by Crippen LogP contribution is 2.16. The second kappa shape index (κ2) is 8.98. The van der Waals surface area contributed by atoms with Gasteiger partial charge in [0.15, 0.2) is 0 Å². The van der Waals surface area contributed by atoms with Crippen molar-refractivity contribution >= 4 is 12.1 Å². The molecule has 0 unspecified atom stereocenters. The summed E-state index contributed by atoms with van der Waals surface area (Å²) in [6, 6.07) is 7.66. The van der Waals surface area contributed by atoms with Gasteiger partial charge in [0.2, 0.25) is 6.10 Å². The Bertz CT molecular complexity index is 713. The number of carboxylic acid groups (broad SMARTS) is 1. The average molecular weight is 360 g/mol. The van der Waals surface area contributed by atoms with Crippen LogP contribution in [-0.2, 0) is 22.5 Å². The van der Waals surface area contributed by atoms with Crippen molar-refractivity contribution < 1.29 is 19.4 Å². The number of carbonyl (C=O) groups excluding carboxylic acids is 1. The number of rotatable bonds is 8. The predicted molar refractivity (Wildman–Crippen MR) is 94.5 cm³/mol. The summed E-state index contributed by atoms with van der Waals surface area (Å²) in [6.45, 7) is 6.02. The fourth-order valence-electron chi connectivity index (χ4n) is 2.50. The topological polar surface area (TPSA) is 106 Å². The molecular weight excluding hydrogens is 336 g/mol. The normalized spacial score (nSPS) is 13.2. The maximum atomic E-state index is 12.0. The van der Waals surface area contributed by atoms with Crippen LogP contribution in [0, 0.1) is 5.92 Å². The molecule has 140 valence electrons. The van der Waals surface area contributed by atoms with Gasteiger partial charge in [-0.2, -0.15) is 5.10 Å². The minimum atomic E-state index is -1.35. The lowest BCUT2D eigenvalue weighted by atomic mass is 10.00. The van der Waals surface area contributed by atoms with Gasteiger partial charge in [0.25, 0.3) is 0 Å². The van der Waals surface area contributed by atoms with Crippen molar-refractivity contribution in [3.63, 3.8) is 0 Å². The standard InChI is InChI=1S/C18H24N4O4/c1-12(2)8-14-4-6-15(7-5-14)13(3)21-18(25)26-16(17(23)24)9-22-11-19-10-20-22/h4-7,10-13,16H,8-9H2,1-3H3,(H,21,25)(H,23,24)/t13-,16+/m0/s1. The third-order valence-corrected chi connectivity index (χ3v) is 3.80. The van der Waals surface area contributed by atoms with Crippen molar-refractivity contribution in [3.05, 3.63) is 48.0 Å². The number of ether oxygens (including phenoxy) is 1. The first-order valence-corrected chi connectivity index (χ1v) is 8.46. The first kappa shape index (κ1) is 19.4. The van der Waals surface area contributed by atoms with E-state index in [0.29, 0.717) is 5.92 Å². The van der Waals surface area contributed by atoms with E-state index < -0.39 is 18.2 Å². The molecule has 26 heavy (non-hydrogen) atoms. The van der Waals surface area contributed by atoms with Gasteiger partial charge in [-0.25, -0.2) is 19.3 Å². The van der Waals surface area contributed by atoms with E-state index in [2.05, 4.69) is 29.2 Å². The fraction of sp³-hybridized carbons (Fsp3) is 0.444. The van der Waals surface area contributed by atoms with Crippen molar-refractivity contribution in [1.82, 2.24) is 20.1 Å². The Hall–Kier alpha value is -2.90. The summed E-state index contributed by atoms with van der Waals surface area (Å²) in [5.41, 5.74) is 2.15. The molecule has 0 aliphatic carbocycles. The molecule has 1 aromatic heterocycles. The zero-order valence-electron chi connectivity index (χ0n) is 15.1. The molecule has 8 nitrogen and oxygen atoms in total. The average Bonchev–Trinajstić information content (AvgIpc) is 3.07. The molecule has 0 bridgehead atoms. The van der Waals surface area contributed by atoms with E-state index in [-0.39, 0.29) is 12.6 Å². The van der Waals surface area contributed by atoms with Gasteiger partial charge in [-0.15, -0.1) is 0 Å². The lowest BCUT2D eigenvalue weighted by Crippen LogP contribution is -2.37. The van der Waals surface area contributed by atoms with Gasteiger partial charge in [0.1, 0.15) is 12.7 Å². The lowest BCUT2D eigenvalue weighted by molar-refractivity contribution is -0.147. The Kier molecular flexibility index (Phi) is 6.71. The molecule has 8 heteroatoms. The van der Waals surface area contributed by atoms with Crippen molar-refractivity contribution in [3.8, 4) is 0 Å². The van der Waals surface area contributed by atoms with E-state index in [1.807, 2.05) is 31.2 Å². The molecule has 2 atom stereocenters. The summed E-state index contributed by atoms with van der Waals surface area (Å²) in [5.74, 6) is -0.675. The van der Waals surface area contributed by atoms with Gasteiger partial charge in [-0.1, -0.05) is 38.1 Å². The highest BCUT2D eigenvalue weighted by molar-refractivity contribution is 5.77. The van der Waals surface area contributed by atoms with Gasteiger partial charge in [0.05, 0.1) is 12.6 Å². The predicted octanol–water partition coefficient (Wildman–Crippen LogP) is 2.42. The van der Waals surface area contributed by atoms with Crippen LogP contribution in [0.2, 0.25) is 0 Å². The van der Waals surface area contributed by atoms with Gasteiger partial charge in [0, 0.05) is 0 Å². The molecule has 2 rings (SSSR count). The highest BCUT2D eigenvalue weighted by atomic mass is 16.6. The monoisotopic (exact) mass is 360 g/mol. The van der Waals surface area contributed by atoms with Crippen LogP contribution in [0.4, 0.5) is 4.79 Å². The smallest absolute Gasteiger partial charge is 0.408 e. The first-order valence-electron chi connectivity index (χ1n) is 8.46. The zero-order chi connectivity index (χ0) is 19.1. The van der Waals surface area contributed by atoms with E-state index in [1.165, 1.54) is 22.9 Å². The number of alkyl carbamates (subject to hydrolysis) is 1.